The smallest absolute Gasteiger partial charge is 0.235 e. The predicted molar refractivity (Wildman–Crippen MR) is 84.7 cm³/mol. The molecule has 4 heteroatoms. The van der Waals surface area contributed by atoms with Crippen LogP contribution >= 0.6 is 0 Å². The lowest BCUT2D eigenvalue weighted by Gasteiger charge is -2.05. The van der Waals surface area contributed by atoms with E-state index in [0.717, 1.165) is 17.2 Å². The molecule has 0 fully saturated rings. The minimum atomic E-state index is -0.0746. The number of aldehydes is 1. The zero-order valence-corrected chi connectivity index (χ0v) is 12.2. The van der Waals surface area contributed by atoms with Gasteiger partial charge < -0.3 is 4.74 Å². The van der Waals surface area contributed by atoms with Gasteiger partial charge in [-0.15, -0.1) is 0 Å². The molecule has 0 amide bonds. The molecule has 0 N–H and O–H groups in total. The standard InChI is InChI=1S/C18H15NO3/c1-22-15-7-8-17-16(10-15)14(12-20)11-19(17)18(21)9-13-5-3-2-4-6-13/h2-8,10-12H,9H2,1H3. The van der Waals surface area contributed by atoms with E-state index in [1.165, 1.54) is 4.57 Å². The first kappa shape index (κ1) is 14.1. The Hall–Kier alpha value is -2.88. The van der Waals surface area contributed by atoms with Crippen LogP contribution in [0.1, 0.15) is 20.7 Å². The SMILES string of the molecule is COc1ccc2c(c1)c(C=O)cn2C(=O)Cc1ccccc1. The van der Waals surface area contributed by atoms with E-state index in [-0.39, 0.29) is 12.3 Å². The van der Waals surface area contributed by atoms with E-state index in [9.17, 15) is 9.59 Å². The summed E-state index contributed by atoms with van der Waals surface area (Å²) in [7, 11) is 1.57. The highest BCUT2D eigenvalue weighted by Gasteiger charge is 2.14. The molecule has 3 rings (SSSR count). The molecular formula is C18H15NO3. The second-order valence-electron chi connectivity index (χ2n) is 5.01. The third-order valence-electron chi connectivity index (χ3n) is 3.64. The van der Waals surface area contributed by atoms with E-state index < -0.39 is 0 Å². The number of hydrogen-bond acceptors (Lipinski definition) is 3. The molecule has 0 spiro atoms. The first-order valence-electron chi connectivity index (χ1n) is 6.94. The maximum absolute atomic E-state index is 12.5. The minimum absolute atomic E-state index is 0.0746. The molecule has 0 radical (unpaired) electrons. The molecule has 1 heterocycles. The number of fused-ring (bicyclic) bond motifs is 1. The second kappa shape index (κ2) is 5.85. The molecule has 22 heavy (non-hydrogen) atoms. The van der Waals surface area contributed by atoms with Gasteiger partial charge in [0.1, 0.15) is 5.75 Å². The van der Waals surface area contributed by atoms with E-state index in [1.54, 1.807) is 31.5 Å². The van der Waals surface area contributed by atoms with Crippen LogP contribution in [0.5, 0.6) is 5.75 Å². The maximum Gasteiger partial charge on any atom is 0.235 e. The molecule has 0 atom stereocenters. The normalized spacial score (nSPS) is 10.6. The largest absolute Gasteiger partial charge is 0.497 e. The average Bonchev–Trinajstić information content (AvgIpc) is 2.93. The number of hydrogen-bond donors (Lipinski definition) is 0. The van der Waals surface area contributed by atoms with Crippen molar-refractivity contribution in [2.45, 2.75) is 6.42 Å². The fraction of sp³-hybridized carbons (Fsp3) is 0.111. The second-order valence-corrected chi connectivity index (χ2v) is 5.01. The molecule has 0 aliphatic heterocycles. The summed E-state index contributed by atoms with van der Waals surface area (Å²) < 4.78 is 6.71. The van der Waals surface area contributed by atoms with Gasteiger partial charge in [0, 0.05) is 17.1 Å². The Bertz CT molecular complexity index is 834. The number of methoxy groups -OCH3 is 1. The Morgan fingerprint density at radius 1 is 1.18 bits per heavy atom. The summed E-state index contributed by atoms with van der Waals surface area (Å²) in [4.78, 5) is 23.8. The Balaban J connectivity index is 2.03. The molecule has 0 bridgehead atoms. The van der Waals surface area contributed by atoms with Crippen molar-refractivity contribution in [3.8, 4) is 5.75 Å². The van der Waals surface area contributed by atoms with Crippen LogP contribution in [0.25, 0.3) is 10.9 Å². The molecule has 110 valence electrons. The van der Waals surface area contributed by atoms with E-state index in [4.69, 9.17) is 4.74 Å². The zero-order valence-electron chi connectivity index (χ0n) is 12.2. The number of rotatable bonds is 4. The lowest BCUT2D eigenvalue weighted by molar-refractivity contribution is 0.0919. The van der Waals surface area contributed by atoms with Gasteiger partial charge in [0.05, 0.1) is 19.0 Å². The van der Waals surface area contributed by atoms with Gasteiger partial charge in [-0.3, -0.25) is 14.2 Å². The quantitative estimate of drug-likeness (QED) is 0.693. The van der Waals surface area contributed by atoms with Crippen molar-refractivity contribution >= 4 is 23.1 Å². The fourth-order valence-electron chi connectivity index (χ4n) is 2.52. The number of ether oxygens (including phenoxy) is 1. The summed E-state index contributed by atoms with van der Waals surface area (Å²) >= 11 is 0. The van der Waals surface area contributed by atoms with Gasteiger partial charge in [-0.25, -0.2) is 0 Å². The Labute approximate surface area is 127 Å². The molecule has 1 aromatic heterocycles. The van der Waals surface area contributed by atoms with Crippen LogP contribution in [-0.2, 0) is 6.42 Å². The van der Waals surface area contributed by atoms with Gasteiger partial charge in [-0.1, -0.05) is 30.3 Å². The number of benzene rings is 2. The molecule has 4 nitrogen and oxygen atoms in total. The van der Waals surface area contributed by atoms with Gasteiger partial charge in [-0.05, 0) is 23.8 Å². The Morgan fingerprint density at radius 2 is 1.95 bits per heavy atom. The highest BCUT2D eigenvalue weighted by atomic mass is 16.5. The van der Waals surface area contributed by atoms with Gasteiger partial charge in [-0.2, -0.15) is 0 Å². The van der Waals surface area contributed by atoms with Gasteiger partial charge in [0.15, 0.2) is 6.29 Å². The van der Waals surface area contributed by atoms with Gasteiger partial charge in [0.25, 0.3) is 0 Å². The van der Waals surface area contributed by atoms with Crippen LogP contribution in [0.2, 0.25) is 0 Å². The first-order valence-corrected chi connectivity index (χ1v) is 6.94. The molecule has 0 aliphatic carbocycles. The van der Waals surface area contributed by atoms with Crippen molar-refractivity contribution in [2.75, 3.05) is 7.11 Å². The maximum atomic E-state index is 12.5. The van der Waals surface area contributed by atoms with Gasteiger partial charge in [0.2, 0.25) is 5.91 Å². The summed E-state index contributed by atoms with van der Waals surface area (Å²) in [5, 5.41) is 0.718. The molecule has 2 aromatic carbocycles. The number of nitrogens with zero attached hydrogens (tertiary/aromatic N) is 1. The Morgan fingerprint density at radius 3 is 2.64 bits per heavy atom. The summed E-state index contributed by atoms with van der Waals surface area (Å²) in [5.41, 5.74) is 2.13. The summed E-state index contributed by atoms with van der Waals surface area (Å²) in [6.45, 7) is 0. The lowest BCUT2D eigenvalue weighted by Crippen LogP contribution is -2.12. The summed E-state index contributed by atoms with van der Waals surface area (Å²) in [6.07, 6.45) is 2.63. The van der Waals surface area contributed by atoms with E-state index in [0.29, 0.717) is 16.8 Å². The van der Waals surface area contributed by atoms with Crippen LogP contribution in [-0.4, -0.2) is 23.9 Å². The van der Waals surface area contributed by atoms with Crippen molar-refractivity contribution < 1.29 is 14.3 Å². The lowest BCUT2D eigenvalue weighted by atomic mass is 10.1. The molecule has 0 unspecified atom stereocenters. The molecule has 0 saturated heterocycles. The van der Waals surface area contributed by atoms with Crippen molar-refractivity contribution in [2.24, 2.45) is 0 Å². The predicted octanol–water partition coefficient (Wildman–Crippen LogP) is 3.35. The van der Waals surface area contributed by atoms with Crippen LogP contribution < -0.4 is 4.74 Å². The molecule has 0 saturated carbocycles. The van der Waals surface area contributed by atoms with E-state index in [1.807, 2.05) is 30.3 Å². The Kier molecular flexibility index (Phi) is 3.74. The topological polar surface area (TPSA) is 48.3 Å². The molecule has 0 aliphatic rings. The van der Waals surface area contributed by atoms with Crippen molar-refractivity contribution in [1.82, 2.24) is 4.57 Å². The highest BCUT2D eigenvalue weighted by molar-refractivity contribution is 6.03. The third kappa shape index (κ3) is 2.51. The third-order valence-corrected chi connectivity index (χ3v) is 3.64. The van der Waals surface area contributed by atoms with Crippen molar-refractivity contribution in [3.63, 3.8) is 0 Å². The molecule has 3 aromatic rings. The van der Waals surface area contributed by atoms with Crippen molar-refractivity contribution in [1.29, 1.82) is 0 Å². The average molecular weight is 293 g/mol. The number of carbonyl (C=O) groups is 2. The summed E-state index contributed by atoms with van der Waals surface area (Å²) in [6, 6.07) is 14.9. The zero-order chi connectivity index (χ0) is 15.5. The minimum Gasteiger partial charge on any atom is -0.497 e. The van der Waals surface area contributed by atoms with E-state index >= 15 is 0 Å². The van der Waals surface area contributed by atoms with Gasteiger partial charge >= 0.3 is 0 Å². The van der Waals surface area contributed by atoms with Crippen molar-refractivity contribution in [3.05, 3.63) is 65.9 Å². The van der Waals surface area contributed by atoms with Crippen LogP contribution in [0.4, 0.5) is 0 Å². The monoisotopic (exact) mass is 293 g/mol. The van der Waals surface area contributed by atoms with Crippen LogP contribution in [0, 0.1) is 0 Å². The van der Waals surface area contributed by atoms with Crippen LogP contribution in [0.15, 0.2) is 54.7 Å². The van der Waals surface area contributed by atoms with E-state index in [2.05, 4.69) is 0 Å². The fourth-order valence-corrected chi connectivity index (χ4v) is 2.52. The molecular weight excluding hydrogens is 278 g/mol. The number of aromatic nitrogens is 1. The summed E-state index contributed by atoms with van der Waals surface area (Å²) in [5.74, 6) is 0.582. The highest BCUT2D eigenvalue weighted by Crippen LogP contribution is 2.25. The first-order chi connectivity index (χ1) is 10.7. The van der Waals surface area contributed by atoms with Crippen LogP contribution in [0.3, 0.4) is 0 Å². The number of carbonyl (C=O) groups excluding carboxylic acids is 2.